The molecule has 7 heteroatoms. The smallest absolute Gasteiger partial charge is 0.422 e. The van der Waals surface area contributed by atoms with Crippen LogP contribution < -0.4 is 10.1 Å². The van der Waals surface area contributed by atoms with E-state index in [-0.39, 0.29) is 17.2 Å². The molecule has 1 N–H and O–H groups in total. The van der Waals surface area contributed by atoms with E-state index >= 15 is 0 Å². The van der Waals surface area contributed by atoms with Crippen LogP contribution in [0.2, 0.25) is 0 Å². The van der Waals surface area contributed by atoms with E-state index in [9.17, 15) is 13.2 Å². The molecule has 0 aliphatic carbocycles. The molecule has 0 saturated carbocycles. The van der Waals surface area contributed by atoms with Gasteiger partial charge in [-0.1, -0.05) is 13.8 Å². The van der Waals surface area contributed by atoms with Crippen molar-refractivity contribution in [2.45, 2.75) is 58.8 Å². The van der Waals surface area contributed by atoms with E-state index in [1.165, 1.54) is 6.20 Å². The quantitative estimate of drug-likeness (QED) is 0.905. The number of halogens is 3. The molecular formula is C14H22F3N3O. The maximum Gasteiger partial charge on any atom is 0.422 e. The second kappa shape index (κ2) is 6.60. The Morgan fingerprint density at radius 2 is 1.86 bits per heavy atom. The highest BCUT2D eigenvalue weighted by atomic mass is 19.4. The molecule has 1 aromatic rings. The SMILES string of the molecule is CC(C)c1ncc(OCC(F)(F)F)c(CNC(C)(C)C)n1. The lowest BCUT2D eigenvalue weighted by molar-refractivity contribution is -0.153. The highest BCUT2D eigenvalue weighted by Gasteiger charge is 2.29. The lowest BCUT2D eigenvalue weighted by atomic mass is 10.1. The molecule has 120 valence electrons. The zero-order valence-corrected chi connectivity index (χ0v) is 13.0. The second-order valence-electron chi connectivity index (χ2n) is 6.20. The molecule has 0 aromatic carbocycles. The summed E-state index contributed by atoms with van der Waals surface area (Å²) in [6.45, 7) is 8.72. The van der Waals surface area contributed by atoms with Gasteiger partial charge in [0.25, 0.3) is 0 Å². The summed E-state index contributed by atoms with van der Waals surface area (Å²) < 4.78 is 41.6. The first-order valence-corrected chi connectivity index (χ1v) is 6.78. The minimum atomic E-state index is -4.38. The van der Waals surface area contributed by atoms with E-state index in [0.717, 1.165) is 0 Å². The zero-order chi connectivity index (χ0) is 16.3. The maximum atomic E-state index is 12.3. The van der Waals surface area contributed by atoms with Gasteiger partial charge in [0.15, 0.2) is 12.4 Å². The Morgan fingerprint density at radius 1 is 1.24 bits per heavy atom. The molecule has 4 nitrogen and oxygen atoms in total. The summed E-state index contributed by atoms with van der Waals surface area (Å²) in [6, 6.07) is 0. The van der Waals surface area contributed by atoms with Crippen molar-refractivity contribution in [3.05, 3.63) is 17.7 Å². The number of nitrogens with zero attached hydrogens (tertiary/aromatic N) is 2. The Morgan fingerprint density at radius 3 is 2.33 bits per heavy atom. The molecule has 0 radical (unpaired) electrons. The molecule has 0 amide bonds. The first-order chi connectivity index (χ1) is 9.48. The van der Waals surface area contributed by atoms with Crippen molar-refractivity contribution in [1.29, 1.82) is 0 Å². The van der Waals surface area contributed by atoms with E-state index in [4.69, 9.17) is 4.74 Å². The number of ether oxygens (including phenoxy) is 1. The molecule has 0 spiro atoms. The van der Waals surface area contributed by atoms with E-state index < -0.39 is 12.8 Å². The number of hydrogen-bond acceptors (Lipinski definition) is 4. The largest absolute Gasteiger partial charge is 0.481 e. The van der Waals surface area contributed by atoms with Crippen molar-refractivity contribution in [2.75, 3.05) is 6.61 Å². The summed E-state index contributed by atoms with van der Waals surface area (Å²) in [6.07, 6.45) is -3.07. The van der Waals surface area contributed by atoms with Crippen molar-refractivity contribution in [1.82, 2.24) is 15.3 Å². The van der Waals surface area contributed by atoms with Crippen LogP contribution in [0.25, 0.3) is 0 Å². The fourth-order valence-corrected chi connectivity index (χ4v) is 1.46. The molecule has 0 fully saturated rings. The summed E-state index contributed by atoms with van der Waals surface area (Å²) in [5, 5.41) is 3.19. The number of aromatic nitrogens is 2. The van der Waals surface area contributed by atoms with Gasteiger partial charge in [-0.25, -0.2) is 9.97 Å². The Bertz CT molecular complexity index is 468. The Labute approximate surface area is 123 Å². The standard InChI is InChI=1S/C14H22F3N3O/c1-9(2)12-18-7-11(21-8-14(15,16)17)10(20-12)6-19-13(3,4)5/h7,9,19H,6,8H2,1-5H3. The molecule has 1 heterocycles. The summed E-state index contributed by atoms with van der Waals surface area (Å²) in [4.78, 5) is 8.36. The minimum absolute atomic E-state index is 0.0634. The summed E-state index contributed by atoms with van der Waals surface area (Å²) in [5.41, 5.74) is 0.261. The molecule has 21 heavy (non-hydrogen) atoms. The molecule has 0 unspecified atom stereocenters. The lowest BCUT2D eigenvalue weighted by Crippen LogP contribution is -2.35. The average molecular weight is 305 g/mol. The number of nitrogens with one attached hydrogen (secondary N) is 1. The Balaban J connectivity index is 2.94. The molecule has 0 aliphatic rings. The molecule has 0 bridgehead atoms. The van der Waals surface area contributed by atoms with E-state index in [0.29, 0.717) is 18.1 Å². The predicted octanol–water partition coefficient (Wildman–Crippen LogP) is 3.43. The van der Waals surface area contributed by atoms with Gasteiger partial charge in [0.2, 0.25) is 0 Å². The van der Waals surface area contributed by atoms with Gasteiger partial charge < -0.3 is 10.1 Å². The molecule has 1 aromatic heterocycles. The molecular weight excluding hydrogens is 283 g/mol. The van der Waals surface area contributed by atoms with E-state index in [1.54, 1.807) is 0 Å². The van der Waals surface area contributed by atoms with E-state index in [2.05, 4.69) is 15.3 Å². The van der Waals surface area contributed by atoms with Crippen LogP contribution in [0.3, 0.4) is 0 Å². The van der Waals surface area contributed by atoms with Crippen LogP contribution in [0.5, 0.6) is 5.75 Å². The highest BCUT2D eigenvalue weighted by molar-refractivity contribution is 5.25. The molecule has 0 saturated heterocycles. The maximum absolute atomic E-state index is 12.3. The van der Waals surface area contributed by atoms with Gasteiger partial charge in [0.1, 0.15) is 5.82 Å². The normalized spacial score (nSPS) is 12.8. The second-order valence-corrected chi connectivity index (χ2v) is 6.20. The first-order valence-electron chi connectivity index (χ1n) is 6.78. The third-order valence-electron chi connectivity index (χ3n) is 2.54. The Kier molecular flexibility index (Phi) is 5.55. The van der Waals surface area contributed by atoms with Crippen molar-refractivity contribution in [2.24, 2.45) is 0 Å². The van der Waals surface area contributed by atoms with Gasteiger partial charge in [-0.15, -0.1) is 0 Å². The van der Waals surface area contributed by atoms with Gasteiger partial charge in [-0.2, -0.15) is 13.2 Å². The fraction of sp³-hybridized carbons (Fsp3) is 0.714. The van der Waals surface area contributed by atoms with Gasteiger partial charge in [-0.05, 0) is 20.8 Å². The summed E-state index contributed by atoms with van der Waals surface area (Å²) in [7, 11) is 0. The van der Waals surface area contributed by atoms with Crippen LogP contribution >= 0.6 is 0 Å². The third-order valence-corrected chi connectivity index (χ3v) is 2.54. The van der Waals surface area contributed by atoms with Gasteiger partial charge >= 0.3 is 6.18 Å². The average Bonchev–Trinajstić information content (AvgIpc) is 2.32. The summed E-state index contributed by atoms with van der Waals surface area (Å²) >= 11 is 0. The minimum Gasteiger partial charge on any atom is -0.481 e. The first kappa shape index (κ1) is 17.7. The van der Waals surface area contributed by atoms with Gasteiger partial charge in [0.05, 0.1) is 11.9 Å². The molecule has 0 aliphatic heterocycles. The van der Waals surface area contributed by atoms with Crippen LogP contribution in [0.4, 0.5) is 13.2 Å². The van der Waals surface area contributed by atoms with Gasteiger partial charge in [0, 0.05) is 18.0 Å². The third kappa shape index (κ3) is 6.75. The number of rotatable bonds is 5. The van der Waals surface area contributed by atoms with Crippen molar-refractivity contribution >= 4 is 0 Å². The van der Waals surface area contributed by atoms with Crippen molar-refractivity contribution in [3.8, 4) is 5.75 Å². The lowest BCUT2D eigenvalue weighted by Gasteiger charge is -2.21. The van der Waals surface area contributed by atoms with E-state index in [1.807, 2.05) is 34.6 Å². The Hall–Kier alpha value is -1.37. The predicted molar refractivity (Wildman–Crippen MR) is 74.3 cm³/mol. The number of alkyl halides is 3. The van der Waals surface area contributed by atoms with Gasteiger partial charge in [-0.3, -0.25) is 0 Å². The van der Waals surface area contributed by atoms with Crippen molar-refractivity contribution in [3.63, 3.8) is 0 Å². The zero-order valence-electron chi connectivity index (χ0n) is 13.0. The topological polar surface area (TPSA) is 47.0 Å². The van der Waals surface area contributed by atoms with Crippen LogP contribution in [0.15, 0.2) is 6.20 Å². The summed E-state index contributed by atoms with van der Waals surface area (Å²) in [5.74, 6) is 0.739. The molecule has 1 rings (SSSR count). The monoisotopic (exact) mass is 305 g/mol. The van der Waals surface area contributed by atoms with Crippen LogP contribution in [-0.2, 0) is 6.54 Å². The fourth-order valence-electron chi connectivity index (χ4n) is 1.46. The number of hydrogen-bond donors (Lipinski definition) is 1. The van der Waals surface area contributed by atoms with Crippen LogP contribution in [0.1, 0.15) is 52.1 Å². The highest BCUT2D eigenvalue weighted by Crippen LogP contribution is 2.22. The molecule has 0 atom stereocenters. The van der Waals surface area contributed by atoms with Crippen LogP contribution in [-0.4, -0.2) is 28.3 Å². The van der Waals surface area contributed by atoms with Crippen LogP contribution in [0, 0.1) is 0 Å². The van der Waals surface area contributed by atoms with Crippen molar-refractivity contribution < 1.29 is 17.9 Å².